The number of hydrogen-bond donors (Lipinski definition) is 2. The first-order valence-electron chi connectivity index (χ1n) is 7.30. The summed E-state index contributed by atoms with van der Waals surface area (Å²) in [6.45, 7) is 6.64. The molecule has 10 heteroatoms. The van der Waals surface area contributed by atoms with Crippen LogP contribution in [0.5, 0.6) is 0 Å². The number of rotatable bonds is 4. The van der Waals surface area contributed by atoms with E-state index >= 15 is 0 Å². The molecule has 0 aromatic heterocycles. The van der Waals surface area contributed by atoms with Gasteiger partial charge in [0.2, 0.25) is 0 Å². The number of carbonyl (C=O) groups is 1. The molecule has 2 N–H and O–H groups in total. The molecular weight excluding hydrogens is 335 g/mol. The van der Waals surface area contributed by atoms with Gasteiger partial charge in [-0.3, -0.25) is 4.79 Å². The highest BCUT2D eigenvalue weighted by atomic mass is 19.4. The topological polar surface area (TPSA) is 86.2 Å². The van der Waals surface area contributed by atoms with Crippen molar-refractivity contribution in [1.82, 2.24) is 5.32 Å². The molecule has 2 heterocycles. The molecule has 2 rings (SSSR count). The molecule has 0 aliphatic carbocycles. The molecule has 0 saturated carbocycles. The van der Waals surface area contributed by atoms with Gasteiger partial charge < -0.3 is 29.4 Å². The van der Waals surface area contributed by atoms with E-state index in [1.807, 2.05) is 0 Å². The number of nitrogens with one attached hydrogen (secondary N) is 1. The predicted octanol–water partition coefficient (Wildman–Crippen LogP) is 0.473. The Bertz CT molecular complexity index is 484. The normalized spacial score (nSPS) is 35.8. The maximum Gasteiger partial charge on any atom is 0.471 e. The van der Waals surface area contributed by atoms with E-state index in [2.05, 4.69) is 6.58 Å². The van der Waals surface area contributed by atoms with Crippen LogP contribution in [0.25, 0.3) is 0 Å². The first kappa shape index (κ1) is 19.1. The van der Waals surface area contributed by atoms with Gasteiger partial charge in [0, 0.05) is 0 Å². The molecule has 2 saturated heterocycles. The van der Waals surface area contributed by atoms with Crippen molar-refractivity contribution in [3.63, 3.8) is 0 Å². The summed E-state index contributed by atoms with van der Waals surface area (Å²) < 4.78 is 59.3. The van der Waals surface area contributed by atoms with Gasteiger partial charge in [0.05, 0.1) is 13.2 Å². The van der Waals surface area contributed by atoms with Crippen LogP contribution in [0.2, 0.25) is 0 Å². The van der Waals surface area contributed by atoms with E-state index in [9.17, 15) is 23.1 Å². The third kappa shape index (κ3) is 4.25. The number of amides is 1. The van der Waals surface area contributed by atoms with Crippen LogP contribution < -0.4 is 5.32 Å². The van der Waals surface area contributed by atoms with Gasteiger partial charge in [-0.2, -0.15) is 13.2 Å². The van der Waals surface area contributed by atoms with Crippen molar-refractivity contribution >= 4 is 5.91 Å². The summed E-state index contributed by atoms with van der Waals surface area (Å²) in [6, 6.07) is -1.46. The molecule has 1 amide bonds. The number of fused-ring (bicyclic) bond motifs is 1. The average Bonchev–Trinajstić information content (AvgIpc) is 2.47. The number of aliphatic hydroxyl groups is 1. The largest absolute Gasteiger partial charge is 0.471 e. The van der Waals surface area contributed by atoms with E-state index in [0.717, 1.165) is 0 Å². The van der Waals surface area contributed by atoms with Gasteiger partial charge in [0.15, 0.2) is 12.1 Å². The van der Waals surface area contributed by atoms with Crippen molar-refractivity contribution in [1.29, 1.82) is 0 Å². The smallest absolute Gasteiger partial charge is 0.388 e. The van der Waals surface area contributed by atoms with Gasteiger partial charge in [-0.05, 0) is 13.8 Å². The summed E-state index contributed by atoms with van der Waals surface area (Å²) >= 11 is 0. The van der Waals surface area contributed by atoms with Crippen molar-refractivity contribution in [2.45, 2.75) is 56.5 Å². The molecule has 1 unspecified atom stereocenters. The third-order valence-corrected chi connectivity index (χ3v) is 3.62. The van der Waals surface area contributed by atoms with E-state index in [-0.39, 0.29) is 13.2 Å². The van der Waals surface area contributed by atoms with E-state index < -0.39 is 48.5 Å². The van der Waals surface area contributed by atoms with Gasteiger partial charge in [0.25, 0.3) is 0 Å². The van der Waals surface area contributed by atoms with Crippen LogP contribution in [0.4, 0.5) is 13.2 Å². The summed E-state index contributed by atoms with van der Waals surface area (Å²) in [5.41, 5.74) is 0. The van der Waals surface area contributed by atoms with Crippen LogP contribution in [-0.2, 0) is 23.7 Å². The zero-order valence-corrected chi connectivity index (χ0v) is 13.2. The predicted molar refractivity (Wildman–Crippen MR) is 73.7 cm³/mol. The van der Waals surface area contributed by atoms with Crippen LogP contribution in [0.3, 0.4) is 0 Å². The molecule has 0 radical (unpaired) electrons. The fourth-order valence-corrected chi connectivity index (χ4v) is 2.54. The van der Waals surface area contributed by atoms with Crippen molar-refractivity contribution in [2.24, 2.45) is 0 Å². The van der Waals surface area contributed by atoms with Crippen LogP contribution in [0.15, 0.2) is 12.7 Å². The summed E-state index contributed by atoms with van der Waals surface area (Å²) in [5.74, 6) is -3.24. The SMILES string of the molecule is C=CCO[C@H]1OC2COC(C)(C)O[C@H]2[C@H](O)[C@H]1NC(=O)C(F)(F)F. The van der Waals surface area contributed by atoms with E-state index in [1.165, 1.54) is 6.08 Å². The Morgan fingerprint density at radius 1 is 1.50 bits per heavy atom. The van der Waals surface area contributed by atoms with Crippen molar-refractivity contribution in [3.05, 3.63) is 12.7 Å². The van der Waals surface area contributed by atoms with Gasteiger partial charge >= 0.3 is 12.1 Å². The Hall–Kier alpha value is -1.20. The van der Waals surface area contributed by atoms with Gasteiger partial charge in [-0.25, -0.2) is 0 Å². The number of carbonyl (C=O) groups excluding carboxylic acids is 1. The molecule has 0 aromatic rings. The lowest BCUT2D eigenvalue weighted by molar-refractivity contribution is -0.368. The lowest BCUT2D eigenvalue weighted by Gasteiger charge is -2.49. The van der Waals surface area contributed by atoms with E-state index in [0.29, 0.717) is 0 Å². The molecule has 2 aliphatic heterocycles. The van der Waals surface area contributed by atoms with Crippen LogP contribution in [0, 0.1) is 0 Å². The second-order valence-corrected chi connectivity index (χ2v) is 5.95. The molecule has 0 spiro atoms. The molecule has 2 fully saturated rings. The molecule has 7 nitrogen and oxygen atoms in total. The summed E-state index contributed by atoms with van der Waals surface area (Å²) in [6.07, 6.45) is -8.25. The minimum absolute atomic E-state index is 0.0413. The molecular formula is C14H20F3NO6. The monoisotopic (exact) mass is 355 g/mol. The molecule has 138 valence electrons. The van der Waals surface area contributed by atoms with Gasteiger partial charge in [0.1, 0.15) is 24.4 Å². The number of aliphatic hydroxyl groups excluding tert-OH is 1. The van der Waals surface area contributed by atoms with Crippen LogP contribution >= 0.6 is 0 Å². The quantitative estimate of drug-likeness (QED) is 0.713. The number of halogens is 3. The number of alkyl halides is 3. The summed E-state index contributed by atoms with van der Waals surface area (Å²) in [5, 5.41) is 12.1. The minimum atomic E-state index is -5.10. The Morgan fingerprint density at radius 2 is 2.17 bits per heavy atom. The highest BCUT2D eigenvalue weighted by molar-refractivity contribution is 5.82. The maximum atomic E-state index is 12.5. The Morgan fingerprint density at radius 3 is 2.75 bits per heavy atom. The van der Waals surface area contributed by atoms with Crippen molar-refractivity contribution in [3.8, 4) is 0 Å². The Kier molecular flexibility index (Phi) is 5.55. The lowest BCUT2D eigenvalue weighted by Crippen LogP contribution is -2.69. The third-order valence-electron chi connectivity index (χ3n) is 3.62. The highest BCUT2D eigenvalue weighted by Crippen LogP contribution is 2.33. The fraction of sp³-hybridized carbons (Fsp3) is 0.786. The second-order valence-electron chi connectivity index (χ2n) is 5.95. The Labute approximate surface area is 136 Å². The number of hydrogen-bond acceptors (Lipinski definition) is 6. The van der Waals surface area contributed by atoms with E-state index in [1.54, 1.807) is 19.2 Å². The summed E-state index contributed by atoms with van der Waals surface area (Å²) in [4.78, 5) is 11.2. The molecule has 0 aromatic carbocycles. The second kappa shape index (κ2) is 6.96. The lowest BCUT2D eigenvalue weighted by atomic mass is 9.95. The van der Waals surface area contributed by atoms with Crippen LogP contribution in [0.1, 0.15) is 13.8 Å². The zero-order chi connectivity index (χ0) is 18.1. The molecule has 5 atom stereocenters. The molecule has 24 heavy (non-hydrogen) atoms. The summed E-state index contributed by atoms with van der Waals surface area (Å²) in [7, 11) is 0. The molecule has 2 aliphatic rings. The maximum absolute atomic E-state index is 12.5. The minimum Gasteiger partial charge on any atom is -0.388 e. The first-order chi connectivity index (χ1) is 11.0. The highest BCUT2D eigenvalue weighted by Gasteiger charge is 2.53. The fourth-order valence-electron chi connectivity index (χ4n) is 2.54. The zero-order valence-electron chi connectivity index (χ0n) is 13.2. The first-order valence-corrected chi connectivity index (χ1v) is 7.30. The average molecular weight is 355 g/mol. The Balaban J connectivity index is 2.18. The molecule has 0 bridgehead atoms. The van der Waals surface area contributed by atoms with Gasteiger partial charge in [-0.1, -0.05) is 6.08 Å². The standard InChI is InChI=1S/C14H20F3NO6/c1-4-5-21-11-8(18-12(20)14(15,16)17)9(19)10-7(23-11)6-22-13(2,3)24-10/h4,7-11,19H,1,5-6H2,2-3H3,(H,18,20)/t7?,8-,9-,10-,11+/m1/s1. The van der Waals surface area contributed by atoms with Gasteiger partial charge in [-0.15, -0.1) is 6.58 Å². The van der Waals surface area contributed by atoms with Crippen molar-refractivity contribution in [2.75, 3.05) is 13.2 Å². The van der Waals surface area contributed by atoms with Crippen LogP contribution in [-0.4, -0.2) is 66.8 Å². The number of ether oxygens (including phenoxy) is 4. The van der Waals surface area contributed by atoms with Crippen molar-refractivity contribution < 1.29 is 42.0 Å². The van der Waals surface area contributed by atoms with E-state index in [4.69, 9.17) is 18.9 Å².